The first-order valence-corrected chi connectivity index (χ1v) is 5.22. The highest BCUT2D eigenvalue weighted by Gasteiger charge is 2.28. The summed E-state index contributed by atoms with van der Waals surface area (Å²) in [5.41, 5.74) is 0. The molecule has 1 rings (SSSR count). The van der Waals surface area contributed by atoms with Gasteiger partial charge >= 0.3 is 6.18 Å². The van der Waals surface area contributed by atoms with Crippen LogP contribution in [0.25, 0.3) is 0 Å². The monoisotopic (exact) mass is 220 g/mol. The highest BCUT2D eigenvalue weighted by Crippen LogP contribution is 2.25. The summed E-state index contributed by atoms with van der Waals surface area (Å²) in [6, 6.07) is 2.29. The predicted molar refractivity (Wildman–Crippen MR) is 50.0 cm³/mol. The number of hydrogen-bond donors (Lipinski definition) is 1. The quantitative estimate of drug-likeness (QED) is 0.739. The van der Waals surface area contributed by atoms with Gasteiger partial charge in [-0.3, -0.25) is 0 Å². The summed E-state index contributed by atoms with van der Waals surface area (Å²) in [5.74, 6) is -0.0177. The molecule has 2 unspecified atom stereocenters. The highest BCUT2D eigenvalue weighted by molar-refractivity contribution is 4.96. The minimum Gasteiger partial charge on any atom is -0.313 e. The topological polar surface area (TPSA) is 35.8 Å². The molecule has 5 heteroatoms. The van der Waals surface area contributed by atoms with Crippen LogP contribution in [0.1, 0.15) is 32.1 Å². The lowest BCUT2D eigenvalue weighted by molar-refractivity contribution is -0.135. The fourth-order valence-corrected chi connectivity index (χ4v) is 1.94. The molecule has 0 aromatic carbocycles. The molecule has 0 aromatic rings. The summed E-state index contributed by atoms with van der Waals surface area (Å²) in [5, 5.41) is 11.8. The van der Waals surface area contributed by atoms with Gasteiger partial charge in [0.1, 0.15) is 0 Å². The molecular formula is C10H15F3N2. The minimum absolute atomic E-state index is 0.0177. The number of rotatable bonds is 4. The lowest BCUT2D eigenvalue weighted by Gasteiger charge is -2.15. The van der Waals surface area contributed by atoms with E-state index in [0.717, 1.165) is 19.3 Å². The molecular weight excluding hydrogens is 205 g/mol. The zero-order chi connectivity index (χ0) is 11.3. The number of halogens is 3. The van der Waals surface area contributed by atoms with E-state index in [0.29, 0.717) is 6.54 Å². The van der Waals surface area contributed by atoms with Crippen LogP contribution in [0.15, 0.2) is 0 Å². The fourth-order valence-electron chi connectivity index (χ4n) is 1.94. The minimum atomic E-state index is -4.06. The number of nitrogens with zero attached hydrogens (tertiary/aromatic N) is 1. The zero-order valence-electron chi connectivity index (χ0n) is 8.48. The fraction of sp³-hybridized carbons (Fsp3) is 0.900. The molecule has 0 spiro atoms. The summed E-state index contributed by atoms with van der Waals surface area (Å²) in [4.78, 5) is 0. The maximum atomic E-state index is 11.8. The van der Waals surface area contributed by atoms with Crippen LogP contribution in [0.5, 0.6) is 0 Å². The van der Waals surface area contributed by atoms with Crippen molar-refractivity contribution in [3.63, 3.8) is 0 Å². The van der Waals surface area contributed by atoms with Gasteiger partial charge in [-0.25, -0.2) is 0 Å². The van der Waals surface area contributed by atoms with Crippen molar-refractivity contribution in [2.45, 2.75) is 44.3 Å². The molecule has 86 valence electrons. The second-order valence-corrected chi connectivity index (χ2v) is 3.95. The molecule has 0 bridgehead atoms. The van der Waals surface area contributed by atoms with Crippen LogP contribution in [0.4, 0.5) is 13.2 Å². The van der Waals surface area contributed by atoms with E-state index in [9.17, 15) is 13.2 Å². The molecule has 0 aromatic heterocycles. The number of nitriles is 1. The van der Waals surface area contributed by atoms with Crippen LogP contribution in [0, 0.1) is 17.2 Å². The maximum absolute atomic E-state index is 11.8. The number of alkyl halides is 3. The Morgan fingerprint density at radius 1 is 1.33 bits per heavy atom. The van der Waals surface area contributed by atoms with Crippen LogP contribution in [-0.2, 0) is 0 Å². The van der Waals surface area contributed by atoms with Gasteiger partial charge < -0.3 is 5.32 Å². The first-order valence-electron chi connectivity index (χ1n) is 5.22. The van der Waals surface area contributed by atoms with Crippen molar-refractivity contribution in [2.75, 3.05) is 6.54 Å². The van der Waals surface area contributed by atoms with E-state index in [1.54, 1.807) is 0 Å². The average molecular weight is 220 g/mol. The molecule has 1 saturated carbocycles. The molecule has 1 fully saturated rings. The van der Waals surface area contributed by atoms with E-state index >= 15 is 0 Å². The molecule has 2 nitrogen and oxygen atoms in total. The summed E-state index contributed by atoms with van der Waals surface area (Å²) < 4.78 is 35.5. The Bertz CT molecular complexity index is 232. The first-order chi connectivity index (χ1) is 7.03. The standard InChI is InChI=1S/C10H15F3N2/c11-10(12,13)5-2-6-15-9-4-1-3-8(9)7-14/h8-9,15H,1-6H2. The van der Waals surface area contributed by atoms with Gasteiger partial charge in [0.25, 0.3) is 0 Å². The van der Waals surface area contributed by atoms with Gasteiger partial charge in [-0.05, 0) is 25.8 Å². The van der Waals surface area contributed by atoms with Crippen molar-refractivity contribution in [1.82, 2.24) is 5.32 Å². The van der Waals surface area contributed by atoms with Crippen molar-refractivity contribution in [3.8, 4) is 6.07 Å². The normalized spacial score (nSPS) is 26.5. The Kier molecular flexibility index (Phi) is 4.40. The Hall–Kier alpha value is -0.760. The third kappa shape index (κ3) is 4.52. The predicted octanol–water partition coefficient (Wildman–Crippen LogP) is 2.61. The van der Waals surface area contributed by atoms with Gasteiger partial charge in [-0.15, -0.1) is 0 Å². The van der Waals surface area contributed by atoms with E-state index in [1.165, 1.54) is 0 Å². The lowest BCUT2D eigenvalue weighted by atomic mass is 10.1. The number of hydrogen-bond acceptors (Lipinski definition) is 2. The van der Waals surface area contributed by atoms with E-state index in [2.05, 4.69) is 11.4 Å². The molecule has 1 aliphatic rings. The summed E-state index contributed by atoms with van der Waals surface area (Å²) in [7, 11) is 0. The Morgan fingerprint density at radius 3 is 2.67 bits per heavy atom. The van der Waals surface area contributed by atoms with Gasteiger partial charge in [0.2, 0.25) is 0 Å². The van der Waals surface area contributed by atoms with Gasteiger partial charge in [0.05, 0.1) is 12.0 Å². The molecule has 1 aliphatic carbocycles. The zero-order valence-corrected chi connectivity index (χ0v) is 8.48. The van der Waals surface area contributed by atoms with Gasteiger partial charge in [0.15, 0.2) is 0 Å². The van der Waals surface area contributed by atoms with E-state index in [1.807, 2.05) is 0 Å². The van der Waals surface area contributed by atoms with Crippen molar-refractivity contribution in [3.05, 3.63) is 0 Å². The van der Waals surface area contributed by atoms with Crippen LogP contribution in [0.3, 0.4) is 0 Å². The Morgan fingerprint density at radius 2 is 2.07 bits per heavy atom. The van der Waals surface area contributed by atoms with Crippen molar-refractivity contribution in [2.24, 2.45) is 5.92 Å². The Labute approximate surface area is 87.5 Å². The van der Waals surface area contributed by atoms with E-state index in [4.69, 9.17) is 5.26 Å². The third-order valence-electron chi connectivity index (χ3n) is 2.73. The third-order valence-corrected chi connectivity index (χ3v) is 2.73. The van der Waals surface area contributed by atoms with Gasteiger partial charge in [-0.1, -0.05) is 6.42 Å². The highest BCUT2D eigenvalue weighted by atomic mass is 19.4. The second-order valence-electron chi connectivity index (χ2n) is 3.95. The van der Waals surface area contributed by atoms with Crippen molar-refractivity contribution >= 4 is 0 Å². The van der Waals surface area contributed by atoms with Crippen LogP contribution < -0.4 is 5.32 Å². The largest absolute Gasteiger partial charge is 0.389 e. The van der Waals surface area contributed by atoms with Crippen molar-refractivity contribution < 1.29 is 13.2 Å². The SMILES string of the molecule is N#CC1CCCC1NCCCC(F)(F)F. The molecule has 0 saturated heterocycles. The second kappa shape index (κ2) is 5.36. The summed E-state index contributed by atoms with van der Waals surface area (Å²) >= 11 is 0. The lowest BCUT2D eigenvalue weighted by Crippen LogP contribution is -2.32. The van der Waals surface area contributed by atoms with Crippen LogP contribution >= 0.6 is 0 Å². The molecule has 0 amide bonds. The molecule has 2 atom stereocenters. The molecule has 0 radical (unpaired) electrons. The van der Waals surface area contributed by atoms with E-state index < -0.39 is 12.6 Å². The van der Waals surface area contributed by atoms with Crippen molar-refractivity contribution in [1.29, 1.82) is 5.26 Å². The maximum Gasteiger partial charge on any atom is 0.389 e. The Balaban J connectivity index is 2.13. The molecule has 15 heavy (non-hydrogen) atoms. The molecule has 0 aliphatic heterocycles. The summed E-state index contributed by atoms with van der Waals surface area (Å²) in [6.45, 7) is 0.350. The van der Waals surface area contributed by atoms with Crippen LogP contribution in [-0.4, -0.2) is 18.8 Å². The van der Waals surface area contributed by atoms with Crippen LogP contribution in [0.2, 0.25) is 0 Å². The molecule has 1 N–H and O–H groups in total. The van der Waals surface area contributed by atoms with Gasteiger partial charge in [-0.2, -0.15) is 18.4 Å². The summed E-state index contributed by atoms with van der Waals surface area (Å²) in [6.07, 6.45) is -1.94. The smallest absolute Gasteiger partial charge is 0.313 e. The first kappa shape index (κ1) is 12.3. The number of nitrogens with one attached hydrogen (secondary N) is 1. The molecule has 0 heterocycles. The van der Waals surface area contributed by atoms with Gasteiger partial charge in [0, 0.05) is 12.5 Å². The van der Waals surface area contributed by atoms with E-state index in [-0.39, 0.29) is 18.4 Å². The average Bonchev–Trinajstić information content (AvgIpc) is 2.58.